The Morgan fingerprint density at radius 3 is 2.46 bits per heavy atom. The second-order valence-corrected chi connectivity index (χ2v) is 10.1. The number of aliphatic hydroxyl groups is 1. The number of methoxy groups -OCH3 is 1. The number of hydrogen-bond acceptors (Lipinski definition) is 4. The number of nitrogens with zero attached hydrogens (tertiary/aromatic N) is 2. The summed E-state index contributed by atoms with van der Waals surface area (Å²) >= 11 is 0. The van der Waals surface area contributed by atoms with Crippen molar-refractivity contribution in [2.24, 2.45) is 0 Å². The van der Waals surface area contributed by atoms with Gasteiger partial charge in [0.05, 0.1) is 30.5 Å². The Morgan fingerprint density at radius 2 is 1.81 bits per heavy atom. The van der Waals surface area contributed by atoms with Gasteiger partial charge in [-0.25, -0.2) is 0 Å². The predicted molar refractivity (Wildman–Crippen MR) is 136 cm³/mol. The Labute approximate surface area is 213 Å². The number of H-pyrrole nitrogens is 1. The first-order valence-corrected chi connectivity index (χ1v) is 11.8. The van der Waals surface area contributed by atoms with E-state index in [1.807, 2.05) is 6.92 Å². The average molecular weight is 508 g/mol. The summed E-state index contributed by atoms with van der Waals surface area (Å²) in [6, 6.07) is 16.0. The Balaban J connectivity index is 1.76. The number of hydrogen-bond donors (Lipinski definition) is 2. The van der Waals surface area contributed by atoms with Gasteiger partial charge >= 0.3 is 6.18 Å². The molecule has 1 unspecified atom stereocenters. The molecule has 2 heterocycles. The number of aromatic nitrogens is 2. The quantitative estimate of drug-likeness (QED) is 0.294. The topological polar surface area (TPSA) is 81.9 Å². The van der Waals surface area contributed by atoms with Gasteiger partial charge in [0.1, 0.15) is 5.75 Å². The van der Waals surface area contributed by atoms with Crippen molar-refractivity contribution in [1.82, 2.24) is 9.97 Å². The van der Waals surface area contributed by atoms with Crippen LogP contribution in [0.15, 0.2) is 60.9 Å². The van der Waals surface area contributed by atoms with E-state index in [-0.39, 0.29) is 5.69 Å². The van der Waals surface area contributed by atoms with Crippen LogP contribution in [0, 0.1) is 18.3 Å². The molecule has 0 saturated heterocycles. The van der Waals surface area contributed by atoms with Crippen molar-refractivity contribution in [2.45, 2.75) is 50.8 Å². The molecule has 2 N–H and O–H groups in total. The zero-order valence-electron chi connectivity index (χ0n) is 21.1. The van der Waals surface area contributed by atoms with Crippen LogP contribution in [-0.4, -0.2) is 34.0 Å². The number of benzene rings is 2. The first-order valence-electron chi connectivity index (χ1n) is 11.8. The number of nitriles is 1. The molecule has 1 atom stereocenters. The van der Waals surface area contributed by atoms with E-state index >= 15 is 0 Å². The van der Waals surface area contributed by atoms with Gasteiger partial charge in [-0.2, -0.15) is 18.4 Å². The summed E-state index contributed by atoms with van der Waals surface area (Å²) in [5.41, 5.74) is -0.176. The number of ether oxygens (including phenoxy) is 1. The molecule has 0 fully saturated rings. The van der Waals surface area contributed by atoms with E-state index in [9.17, 15) is 23.5 Å². The fourth-order valence-corrected chi connectivity index (χ4v) is 4.99. The number of fused-ring (bicyclic) bond motifs is 1. The standard InChI is InChI=1S/C29H28F3N3O2/c1-18-15-34-16-25-23(18)12-21(35-25)13-28(36,29(30,31)32)17-27(2,3)24-11-19(9-10-26(24)37-4)22-8-6-5-7-20(22)14-33/h5-12,15-16,35-36H,13,17H2,1-4H3. The lowest BCUT2D eigenvalue weighted by molar-refractivity contribution is -0.266. The third kappa shape index (κ3) is 5.05. The molecule has 0 aliphatic heterocycles. The lowest BCUT2D eigenvalue weighted by Gasteiger charge is -2.38. The highest BCUT2D eigenvalue weighted by atomic mass is 19.4. The van der Waals surface area contributed by atoms with E-state index in [0.717, 1.165) is 10.9 Å². The van der Waals surface area contributed by atoms with E-state index in [0.29, 0.717) is 33.5 Å². The smallest absolute Gasteiger partial charge is 0.417 e. The van der Waals surface area contributed by atoms with Gasteiger partial charge in [0.2, 0.25) is 0 Å². The van der Waals surface area contributed by atoms with Crippen LogP contribution in [0.25, 0.3) is 22.0 Å². The molecule has 0 amide bonds. The van der Waals surface area contributed by atoms with E-state index < -0.39 is 30.0 Å². The molecular weight excluding hydrogens is 479 g/mol. The summed E-state index contributed by atoms with van der Waals surface area (Å²) in [4.78, 5) is 7.06. The van der Waals surface area contributed by atoms with Crippen molar-refractivity contribution in [3.05, 3.63) is 83.3 Å². The number of pyridine rings is 1. The van der Waals surface area contributed by atoms with Gasteiger partial charge in [0, 0.05) is 29.3 Å². The van der Waals surface area contributed by atoms with E-state index in [4.69, 9.17) is 4.74 Å². The van der Waals surface area contributed by atoms with E-state index in [2.05, 4.69) is 16.0 Å². The highest BCUT2D eigenvalue weighted by Crippen LogP contribution is 2.46. The molecule has 2 aromatic carbocycles. The largest absolute Gasteiger partial charge is 0.496 e. The number of rotatable bonds is 7. The molecule has 8 heteroatoms. The van der Waals surface area contributed by atoms with E-state index in [1.165, 1.54) is 7.11 Å². The molecule has 0 aliphatic rings. The molecule has 0 radical (unpaired) electrons. The van der Waals surface area contributed by atoms with Gasteiger partial charge < -0.3 is 14.8 Å². The molecule has 0 spiro atoms. The molecular formula is C29H28F3N3O2. The summed E-state index contributed by atoms with van der Waals surface area (Å²) < 4.78 is 48.9. The Hall–Kier alpha value is -3.83. The van der Waals surface area contributed by atoms with Crippen LogP contribution in [0.2, 0.25) is 0 Å². The average Bonchev–Trinajstić information content (AvgIpc) is 3.26. The molecule has 2 aromatic heterocycles. The van der Waals surface area contributed by atoms with Gasteiger partial charge in [-0.05, 0) is 59.7 Å². The normalized spacial score (nSPS) is 13.8. The maximum atomic E-state index is 14.5. The van der Waals surface area contributed by atoms with Gasteiger partial charge in [0.25, 0.3) is 0 Å². The number of aromatic amines is 1. The van der Waals surface area contributed by atoms with Crippen molar-refractivity contribution < 1.29 is 23.0 Å². The first kappa shape index (κ1) is 26.2. The second-order valence-electron chi connectivity index (χ2n) is 10.1. The van der Waals surface area contributed by atoms with Crippen LogP contribution in [0.4, 0.5) is 13.2 Å². The van der Waals surface area contributed by atoms with Crippen molar-refractivity contribution >= 4 is 10.9 Å². The summed E-state index contributed by atoms with van der Waals surface area (Å²) in [6.45, 7) is 5.14. The van der Waals surface area contributed by atoms with Crippen molar-refractivity contribution in [3.8, 4) is 22.9 Å². The maximum absolute atomic E-state index is 14.5. The van der Waals surface area contributed by atoms with Crippen LogP contribution in [0.1, 0.15) is 42.7 Å². The van der Waals surface area contributed by atoms with Crippen LogP contribution >= 0.6 is 0 Å². The Bertz CT molecular complexity index is 1480. The molecule has 5 nitrogen and oxygen atoms in total. The number of alkyl halides is 3. The highest BCUT2D eigenvalue weighted by molar-refractivity contribution is 5.82. The molecule has 37 heavy (non-hydrogen) atoms. The molecule has 0 aliphatic carbocycles. The molecule has 4 aromatic rings. The van der Waals surface area contributed by atoms with Gasteiger partial charge in [-0.3, -0.25) is 4.98 Å². The summed E-state index contributed by atoms with van der Waals surface area (Å²) in [6.07, 6.45) is -2.96. The van der Waals surface area contributed by atoms with Crippen molar-refractivity contribution in [3.63, 3.8) is 0 Å². The summed E-state index contributed by atoms with van der Waals surface area (Å²) in [5.74, 6) is 0.403. The van der Waals surface area contributed by atoms with Crippen molar-refractivity contribution in [2.75, 3.05) is 7.11 Å². The van der Waals surface area contributed by atoms with Crippen LogP contribution < -0.4 is 4.74 Å². The first-order chi connectivity index (χ1) is 17.4. The van der Waals surface area contributed by atoms with E-state index in [1.54, 1.807) is 74.8 Å². The van der Waals surface area contributed by atoms with Crippen LogP contribution in [0.3, 0.4) is 0 Å². The predicted octanol–water partition coefficient (Wildman–Crippen LogP) is 6.62. The minimum atomic E-state index is -4.90. The Kier molecular flexibility index (Phi) is 6.78. The lowest BCUT2D eigenvalue weighted by atomic mass is 9.72. The monoisotopic (exact) mass is 507 g/mol. The minimum Gasteiger partial charge on any atom is -0.496 e. The highest BCUT2D eigenvalue weighted by Gasteiger charge is 2.56. The van der Waals surface area contributed by atoms with Gasteiger partial charge in [0.15, 0.2) is 5.60 Å². The zero-order chi connectivity index (χ0) is 27.0. The lowest BCUT2D eigenvalue weighted by Crippen LogP contribution is -2.51. The molecule has 0 bridgehead atoms. The Morgan fingerprint density at radius 1 is 1.08 bits per heavy atom. The zero-order valence-corrected chi connectivity index (χ0v) is 21.1. The maximum Gasteiger partial charge on any atom is 0.417 e. The summed E-state index contributed by atoms with van der Waals surface area (Å²) in [5, 5.41) is 21.5. The number of nitrogens with one attached hydrogen (secondary N) is 1. The van der Waals surface area contributed by atoms with Gasteiger partial charge in [-0.15, -0.1) is 0 Å². The SMILES string of the molecule is COc1ccc(-c2ccccc2C#N)cc1C(C)(C)CC(O)(Cc1cc2c(C)cncc2[nH]1)C(F)(F)F. The number of halogens is 3. The van der Waals surface area contributed by atoms with Crippen molar-refractivity contribution in [1.29, 1.82) is 5.26 Å². The summed E-state index contributed by atoms with van der Waals surface area (Å²) in [7, 11) is 1.45. The minimum absolute atomic E-state index is 0.269. The third-order valence-corrected chi connectivity index (χ3v) is 6.83. The fourth-order valence-electron chi connectivity index (χ4n) is 4.99. The molecule has 192 valence electrons. The van der Waals surface area contributed by atoms with Gasteiger partial charge in [-0.1, -0.05) is 38.1 Å². The second kappa shape index (κ2) is 9.56. The molecule has 0 saturated carbocycles. The van der Waals surface area contributed by atoms with Crippen LogP contribution in [0.5, 0.6) is 5.75 Å². The number of aryl methyl sites for hydroxylation is 1. The fraction of sp³-hybridized carbons (Fsp3) is 0.310. The van der Waals surface area contributed by atoms with Crippen LogP contribution in [-0.2, 0) is 11.8 Å². The molecule has 4 rings (SSSR count). The third-order valence-electron chi connectivity index (χ3n) is 6.83.